The minimum absolute atomic E-state index is 0.00500. The summed E-state index contributed by atoms with van der Waals surface area (Å²) in [7, 11) is 1.45. The van der Waals surface area contributed by atoms with Gasteiger partial charge in [-0.05, 0) is 12.1 Å². The number of nitrogens with zero attached hydrogens (tertiary/aromatic N) is 1. The first kappa shape index (κ1) is 16.0. The number of ether oxygens (including phenoxy) is 1. The van der Waals surface area contributed by atoms with Crippen LogP contribution in [0.15, 0.2) is 24.3 Å². The number of hydrogen-bond acceptors (Lipinski definition) is 4. The Bertz CT molecular complexity index is 638. The number of para-hydroxylation sites is 2. The molecule has 0 radical (unpaired) electrons. The number of benzene rings is 1. The van der Waals surface area contributed by atoms with Crippen LogP contribution in [0.3, 0.4) is 0 Å². The molecule has 1 aliphatic heterocycles. The van der Waals surface area contributed by atoms with Gasteiger partial charge in [-0.2, -0.15) is 8.78 Å². The number of amides is 1. The van der Waals surface area contributed by atoms with E-state index in [9.17, 15) is 22.0 Å². The molecule has 21 heavy (non-hydrogen) atoms. The van der Waals surface area contributed by atoms with Crippen molar-refractivity contribution >= 4 is 31.3 Å². The van der Waals surface area contributed by atoms with Gasteiger partial charge in [0.25, 0.3) is 0 Å². The van der Waals surface area contributed by atoms with E-state index in [0.717, 1.165) is 0 Å². The molecule has 5 nitrogen and oxygen atoms in total. The summed E-state index contributed by atoms with van der Waals surface area (Å²) in [5.41, 5.74) is 0.192. The van der Waals surface area contributed by atoms with Gasteiger partial charge in [-0.25, -0.2) is 8.42 Å². The molecule has 1 aromatic carbocycles. The molecule has 1 aliphatic rings. The van der Waals surface area contributed by atoms with Gasteiger partial charge in [-0.1, -0.05) is 12.1 Å². The number of carbonyl (C=O) groups is 1. The standard InChI is InChI=1S/C12H12ClF2NO4S/c13-21(18,19)7-8-5-11(17)16(6-8)9-3-1-2-4-10(9)20-12(14)15/h1-4,8,12H,5-7H2. The van der Waals surface area contributed by atoms with Crippen molar-refractivity contribution in [1.82, 2.24) is 0 Å². The molecule has 1 unspecified atom stereocenters. The van der Waals surface area contributed by atoms with Crippen molar-refractivity contribution in [3.8, 4) is 5.75 Å². The van der Waals surface area contributed by atoms with Crippen molar-refractivity contribution in [3.05, 3.63) is 24.3 Å². The third-order valence-electron chi connectivity index (χ3n) is 3.01. The van der Waals surface area contributed by atoms with Crippen LogP contribution in [0.5, 0.6) is 5.75 Å². The van der Waals surface area contributed by atoms with Crippen molar-refractivity contribution in [3.63, 3.8) is 0 Å². The molecule has 1 fully saturated rings. The predicted molar refractivity (Wildman–Crippen MR) is 73.2 cm³/mol. The molecular formula is C12H12ClF2NO4S. The fraction of sp³-hybridized carbons (Fsp3) is 0.417. The molecule has 0 saturated carbocycles. The van der Waals surface area contributed by atoms with E-state index in [1.54, 1.807) is 6.07 Å². The lowest BCUT2D eigenvalue weighted by atomic mass is 10.1. The fourth-order valence-corrected chi connectivity index (χ4v) is 3.60. The second-order valence-electron chi connectivity index (χ2n) is 4.63. The van der Waals surface area contributed by atoms with Crippen LogP contribution in [0.25, 0.3) is 0 Å². The summed E-state index contributed by atoms with van der Waals surface area (Å²) in [5, 5.41) is 0. The van der Waals surface area contributed by atoms with Crippen LogP contribution in [0.1, 0.15) is 6.42 Å². The third-order valence-corrected chi connectivity index (χ3v) is 4.26. The molecule has 1 aromatic rings. The smallest absolute Gasteiger partial charge is 0.387 e. The van der Waals surface area contributed by atoms with E-state index in [-0.39, 0.29) is 36.1 Å². The van der Waals surface area contributed by atoms with Crippen LogP contribution in [-0.2, 0) is 13.8 Å². The number of carbonyl (C=O) groups excluding carboxylic acids is 1. The average molecular weight is 340 g/mol. The Labute approximate surface area is 124 Å². The van der Waals surface area contributed by atoms with Crippen molar-refractivity contribution in [2.75, 3.05) is 17.2 Å². The molecule has 9 heteroatoms. The summed E-state index contributed by atoms with van der Waals surface area (Å²) >= 11 is 0. The first-order valence-corrected chi connectivity index (χ1v) is 8.50. The zero-order chi connectivity index (χ0) is 15.6. The van der Waals surface area contributed by atoms with E-state index < -0.39 is 21.6 Å². The lowest BCUT2D eigenvalue weighted by Gasteiger charge is -2.20. The quantitative estimate of drug-likeness (QED) is 0.772. The zero-order valence-corrected chi connectivity index (χ0v) is 12.3. The van der Waals surface area contributed by atoms with Gasteiger partial charge in [0.1, 0.15) is 5.75 Å². The highest BCUT2D eigenvalue weighted by atomic mass is 35.7. The van der Waals surface area contributed by atoms with E-state index in [1.807, 2.05) is 0 Å². The highest BCUT2D eigenvalue weighted by Crippen LogP contribution is 2.34. The van der Waals surface area contributed by atoms with Crippen LogP contribution >= 0.6 is 10.7 Å². The molecule has 1 heterocycles. The maximum Gasteiger partial charge on any atom is 0.387 e. The summed E-state index contributed by atoms with van der Waals surface area (Å²) in [6.07, 6.45) is -0.00500. The topological polar surface area (TPSA) is 63.7 Å². The maximum absolute atomic E-state index is 12.4. The van der Waals surface area contributed by atoms with Gasteiger partial charge in [-0.15, -0.1) is 0 Å². The van der Waals surface area contributed by atoms with Gasteiger partial charge in [-0.3, -0.25) is 4.79 Å². The second kappa shape index (κ2) is 6.15. The normalized spacial score (nSPS) is 19.3. The first-order chi connectivity index (χ1) is 9.76. The Morgan fingerprint density at radius 2 is 2.05 bits per heavy atom. The van der Waals surface area contributed by atoms with Crippen LogP contribution in [0, 0.1) is 5.92 Å². The van der Waals surface area contributed by atoms with Gasteiger partial charge in [0, 0.05) is 29.6 Å². The maximum atomic E-state index is 12.4. The zero-order valence-electron chi connectivity index (χ0n) is 10.7. The summed E-state index contributed by atoms with van der Waals surface area (Å²) in [6, 6.07) is 5.86. The van der Waals surface area contributed by atoms with E-state index >= 15 is 0 Å². The average Bonchev–Trinajstić information content (AvgIpc) is 2.67. The molecule has 0 N–H and O–H groups in total. The Hall–Kier alpha value is -1.41. The SMILES string of the molecule is O=C1CC(CS(=O)(=O)Cl)CN1c1ccccc1OC(F)F. The van der Waals surface area contributed by atoms with Gasteiger partial charge in [0.05, 0.1) is 11.4 Å². The predicted octanol–water partition coefficient (Wildman–Crippen LogP) is 2.21. The minimum Gasteiger partial charge on any atom is -0.433 e. The molecule has 1 amide bonds. The molecule has 2 rings (SSSR count). The van der Waals surface area contributed by atoms with Crippen molar-refractivity contribution in [1.29, 1.82) is 0 Å². The molecular weight excluding hydrogens is 328 g/mol. The van der Waals surface area contributed by atoms with Gasteiger partial charge >= 0.3 is 6.61 Å². The Morgan fingerprint density at radius 1 is 1.38 bits per heavy atom. The Kier molecular flexibility index (Phi) is 4.67. The largest absolute Gasteiger partial charge is 0.433 e. The number of halogens is 3. The molecule has 1 atom stereocenters. The monoisotopic (exact) mass is 339 g/mol. The Balaban J connectivity index is 2.21. The van der Waals surface area contributed by atoms with E-state index in [4.69, 9.17) is 10.7 Å². The lowest BCUT2D eigenvalue weighted by molar-refractivity contribution is -0.117. The van der Waals surface area contributed by atoms with Gasteiger partial charge in [0.15, 0.2) is 0 Å². The molecule has 1 saturated heterocycles. The highest BCUT2D eigenvalue weighted by molar-refractivity contribution is 8.13. The molecule has 0 aromatic heterocycles. The molecule has 0 bridgehead atoms. The Morgan fingerprint density at radius 3 is 2.67 bits per heavy atom. The number of alkyl halides is 2. The highest BCUT2D eigenvalue weighted by Gasteiger charge is 2.34. The summed E-state index contributed by atoms with van der Waals surface area (Å²) in [4.78, 5) is 13.2. The van der Waals surface area contributed by atoms with Crippen molar-refractivity contribution < 1.29 is 26.7 Å². The second-order valence-corrected chi connectivity index (χ2v) is 7.45. The van der Waals surface area contributed by atoms with Gasteiger partial charge < -0.3 is 9.64 Å². The van der Waals surface area contributed by atoms with Crippen LogP contribution in [0.4, 0.5) is 14.5 Å². The fourth-order valence-electron chi connectivity index (χ4n) is 2.28. The number of hydrogen-bond donors (Lipinski definition) is 0. The van der Waals surface area contributed by atoms with Crippen molar-refractivity contribution in [2.45, 2.75) is 13.0 Å². The lowest BCUT2D eigenvalue weighted by Crippen LogP contribution is -2.26. The van der Waals surface area contributed by atoms with E-state index in [0.29, 0.717) is 0 Å². The van der Waals surface area contributed by atoms with Crippen molar-refractivity contribution in [2.24, 2.45) is 5.92 Å². The molecule has 116 valence electrons. The van der Waals surface area contributed by atoms with E-state index in [1.165, 1.54) is 23.1 Å². The third kappa shape index (κ3) is 4.28. The van der Waals surface area contributed by atoms with E-state index in [2.05, 4.69) is 4.74 Å². The van der Waals surface area contributed by atoms with Crippen LogP contribution in [-0.4, -0.2) is 33.2 Å². The number of rotatable bonds is 5. The minimum atomic E-state index is -3.72. The summed E-state index contributed by atoms with van der Waals surface area (Å²) < 4.78 is 51.2. The molecule has 0 aliphatic carbocycles. The number of anilines is 1. The summed E-state index contributed by atoms with van der Waals surface area (Å²) in [5.74, 6) is -1.30. The van der Waals surface area contributed by atoms with Crippen LogP contribution in [0.2, 0.25) is 0 Å². The van der Waals surface area contributed by atoms with Gasteiger partial charge in [0.2, 0.25) is 15.0 Å². The molecule has 0 spiro atoms. The summed E-state index contributed by atoms with van der Waals surface area (Å²) in [6.45, 7) is -2.92. The first-order valence-electron chi connectivity index (χ1n) is 6.03. The van der Waals surface area contributed by atoms with Crippen LogP contribution < -0.4 is 9.64 Å².